The van der Waals surface area contributed by atoms with E-state index in [0.717, 1.165) is 53.4 Å². The molecule has 0 saturated carbocycles. The van der Waals surface area contributed by atoms with Crippen molar-refractivity contribution >= 4 is 42.8 Å². The molecule has 0 unspecified atom stereocenters. The van der Waals surface area contributed by atoms with Gasteiger partial charge in [-0.15, -0.1) is 0 Å². The minimum absolute atomic E-state index is 0.0239. The van der Waals surface area contributed by atoms with Crippen LogP contribution < -0.4 is 10.6 Å². The highest BCUT2D eigenvalue weighted by atomic mass is 32.2. The van der Waals surface area contributed by atoms with E-state index in [0.29, 0.717) is 13.2 Å². The van der Waals surface area contributed by atoms with Crippen LogP contribution >= 0.6 is 11.3 Å². The predicted molar refractivity (Wildman–Crippen MR) is 191 cm³/mol. The largest absolute Gasteiger partial charge is 0.443 e. The van der Waals surface area contributed by atoms with Crippen LogP contribution in [-0.4, -0.2) is 124 Å². The monoisotopic (exact) mass is 731 g/mol. The number of carbonyl (C=O) groups excluding carboxylic acids is 1. The Morgan fingerprint density at radius 1 is 1.16 bits per heavy atom. The van der Waals surface area contributed by atoms with Crippen molar-refractivity contribution in [2.75, 3.05) is 65.0 Å². The first-order valence-electron chi connectivity index (χ1n) is 17.4. The van der Waals surface area contributed by atoms with Gasteiger partial charge in [-0.05, 0) is 48.9 Å². The van der Waals surface area contributed by atoms with E-state index >= 15 is 0 Å². The molecule has 15 heteroatoms. The lowest BCUT2D eigenvalue weighted by Crippen LogP contribution is -2.51. The topological polar surface area (TPSA) is 152 Å². The maximum absolute atomic E-state index is 14.2. The standard InChI is InChI=1S/C35H49N5O8S2/c1-23(2)19-40(50(43,44)26-9-10-28-32(18-26)49-34(37-28)36-25-11-13-39(20-25)14-16-45-3)21-30(41)29(17-24-7-5-4-6-8-24)38-35(42)48-31-22-47-33-27(31)12-15-46-33/h4-10,18,23,25,27,29-31,33,41H,11-17,19-22H2,1-3H3,(H,36,37)(H,38,42)/t25-,27+,29+,30-,31+,33-/m1/s1. The third-order valence-corrected chi connectivity index (χ3v) is 12.3. The molecule has 0 radical (unpaired) electrons. The predicted octanol–water partition coefficient (Wildman–Crippen LogP) is 3.54. The average Bonchev–Trinajstić information content (AvgIpc) is 3.89. The number of rotatable bonds is 16. The van der Waals surface area contributed by atoms with Crippen LogP contribution in [0.2, 0.25) is 0 Å². The molecule has 6 rings (SSSR count). The molecule has 4 heterocycles. The number of nitrogens with zero attached hydrogens (tertiary/aromatic N) is 3. The van der Waals surface area contributed by atoms with E-state index < -0.39 is 34.4 Å². The number of methoxy groups -OCH3 is 1. The number of amides is 1. The molecule has 3 aromatic rings. The number of ether oxygens (including phenoxy) is 4. The number of hydrogen-bond donors (Lipinski definition) is 3. The summed E-state index contributed by atoms with van der Waals surface area (Å²) in [5.74, 6) is -0.0592. The SMILES string of the molecule is COCCN1CC[C@@H](Nc2nc3ccc(S(=O)(=O)N(CC(C)C)C[C@@H](O)[C@H](Cc4ccccc4)NC(=O)O[C@H]4CO[C@H]5OCC[C@H]54)cc3s2)C1. The number of nitrogens with one attached hydrogen (secondary N) is 2. The molecule has 3 fully saturated rings. The second-order valence-electron chi connectivity index (χ2n) is 13.8. The Kier molecular flexibility index (Phi) is 12.3. The molecular formula is C35H49N5O8S2. The van der Waals surface area contributed by atoms with E-state index in [-0.39, 0.29) is 55.2 Å². The molecule has 3 saturated heterocycles. The van der Waals surface area contributed by atoms with Crippen LogP contribution in [0.15, 0.2) is 53.4 Å². The van der Waals surface area contributed by atoms with Crippen molar-refractivity contribution in [2.45, 2.75) is 68.6 Å². The van der Waals surface area contributed by atoms with E-state index in [2.05, 4.69) is 15.5 Å². The van der Waals surface area contributed by atoms with Gasteiger partial charge in [-0.2, -0.15) is 4.31 Å². The van der Waals surface area contributed by atoms with Crippen molar-refractivity contribution < 1.29 is 37.3 Å². The molecule has 0 spiro atoms. The van der Waals surface area contributed by atoms with E-state index in [9.17, 15) is 18.3 Å². The van der Waals surface area contributed by atoms with Crippen LogP contribution in [0.3, 0.4) is 0 Å². The zero-order valence-corrected chi connectivity index (χ0v) is 30.5. The number of fused-ring (bicyclic) bond motifs is 2. The third kappa shape index (κ3) is 9.12. The van der Waals surface area contributed by atoms with Gasteiger partial charge in [0.05, 0.1) is 53.0 Å². The number of thiazole rings is 1. The van der Waals surface area contributed by atoms with Gasteiger partial charge >= 0.3 is 6.09 Å². The fourth-order valence-electron chi connectivity index (χ4n) is 6.86. The first-order valence-corrected chi connectivity index (χ1v) is 19.7. The van der Waals surface area contributed by atoms with Crippen LogP contribution in [0.5, 0.6) is 0 Å². The summed E-state index contributed by atoms with van der Waals surface area (Å²) in [5.41, 5.74) is 1.60. The first kappa shape index (κ1) is 36.9. The summed E-state index contributed by atoms with van der Waals surface area (Å²) in [6.07, 6.45) is -0.752. The minimum Gasteiger partial charge on any atom is -0.443 e. The molecule has 0 aliphatic carbocycles. The van der Waals surface area contributed by atoms with E-state index in [1.807, 2.05) is 44.2 Å². The highest BCUT2D eigenvalue weighted by molar-refractivity contribution is 7.89. The molecule has 3 aliphatic rings. The molecule has 3 N–H and O–H groups in total. The van der Waals surface area contributed by atoms with Crippen molar-refractivity contribution in [1.82, 2.24) is 19.5 Å². The maximum atomic E-state index is 14.2. The van der Waals surface area contributed by atoms with E-state index in [1.165, 1.54) is 15.6 Å². The number of anilines is 1. The molecule has 50 heavy (non-hydrogen) atoms. The minimum atomic E-state index is -4.04. The van der Waals surface area contributed by atoms with Crippen LogP contribution in [0.1, 0.15) is 32.3 Å². The third-order valence-electron chi connectivity index (χ3n) is 9.48. The Hall–Kier alpha value is -2.89. The quantitative estimate of drug-likeness (QED) is 0.199. The summed E-state index contributed by atoms with van der Waals surface area (Å²) in [6, 6.07) is 13.8. The van der Waals surface area contributed by atoms with Crippen LogP contribution in [0.4, 0.5) is 9.93 Å². The van der Waals surface area contributed by atoms with Gasteiger partial charge in [-0.1, -0.05) is 55.5 Å². The molecule has 3 aliphatic heterocycles. The molecule has 1 amide bonds. The molecule has 6 atom stereocenters. The van der Waals surface area contributed by atoms with E-state index in [4.69, 9.17) is 23.9 Å². The Morgan fingerprint density at radius 3 is 2.76 bits per heavy atom. The number of benzene rings is 2. The van der Waals surface area contributed by atoms with Crippen molar-refractivity contribution in [2.24, 2.45) is 11.8 Å². The highest BCUT2D eigenvalue weighted by Gasteiger charge is 2.44. The maximum Gasteiger partial charge on any atom is 0.407 e. The highest BCUT2D eigenvalue weighted by Crippen LogP contribution is 2.33. The molecule has 13 nitrogen and oxygen atoms in total. The lowest BCUT2D eigenvalue weighted by atomic mass is 10.0. The van der Waals surface area contributed by atoms with Gasteiger partial charge in [-0.3, -0.25) is 4.90 Å². The fourth-order valence-corrected chi connectivity index (χ4v) is 9.57. The van der Waals surface area contributed by atoms with Crippen molar-refractivity contribution in [3.8, 4) is 0 Å². The summed E-state index contributed by atoms with van der Waals surface area (Å²) >= 11 is 1.43. The fraction of sp³-hybridized carbons (Fsp3) is 0.600. The smallest absolute Gasteiger partial charge is 0.407 e. The normalized spacial score (nSPS) is 23.8. The number of aromatic nitrogens is 1. The number of carbonyl (C=O) groups is 1. The summed E-state index contributed by atoms with van der Waals surface area (Å²) in [6.45, 7) is 8.07. The summed E-state index contributed by atoms with van der Waals surface area (Å²) < 4.78 is 52.6. The van der Waals surface area contributed by atoms with Gasteiger partial charge in [0.2, 0.25) is 10.0 Å². The molecule has 274 valence electrons. The Morgan fingerprint density at radius 2 is 1.98 bits per heavy atom. The Balaban J connectivity index is 1.16. The van der Waals surface area contributed by atoms with Gasteiger partial charge in [0.15, 0.2) is 11.4 Å². The van der Waals surface area contributed by atoms with Gasteiger partial charge in [0.25, 0.3) is 0 Å². The average molecular weight is 732 g/mol. The summed E-state index contributed by atoms with van der Waals surface area (Å²) in [7, 11) is -2.33. The second-order valence-corrected chi connectivity index (χ2v) is 16.7. The molecular weight excluding hydrogens is 683 g/mol. The summed E-state index contributed by atoms with van der Waals surface area (Å²) in [5, 5.41) is 18.8. The number of sulfonamides is 1. The zero-order chi connectivity index (χ0) is 35.3. The van der Waals surface area contributed by atoms with Gasteiger partial charge in [0, 0.05) is 45.9 Å². The number of aliphatic hydroxyl groups is 1. The zero-order valence-electron chi connectivity index (χ0n) is 28.9. The summed E-state index contributed by atoms with van der Waals surface area (Å²) in [4.78, 5) is 20.4. The van der Waals surface area contributed by atoms with Crippen LogP contribution in [0, 0.1) is 11.8 Å². The van der Waals surface area contributed by atoms with Crippen molar-refractivity contribution in [1.29, 1.82) is 0 Å². The Bertz CT molecular complexity index is 1680. The molecule has 2 aromatic carbocycles. The van der Waals surface area contributed by atoms with Crippen LogP contribution in [-0.2, 0) is 35.4 Å². The van der Waals surface area contributed by atoms with Crippen LogP contribution in [0.25, 0.3) is 10.2 Å². The number of alkyl carbamates (subject to hydrolysis) is 1. The number of hydrogen-bond acceptors (Lipinski definition) is 12. The van der Waals surface area contributed by atoms with Crippen molar-refractivity contribution in [3.05, 3.63) is 54.1 Å². The Labute approximate surface area is 298 Å². The number of likely N-dealkylation sites (tertiary alicyclic amines) is 1. The van der Waals surface area contributed by atoms with Gasteiger partial charge in [0.1, 0.15) is 6.10 Å². The lowest BCUT2D eigenvalue weighted by Gasteiger charge is -2.31. The van der Waals surface area contributed by atoms with Gasteiger partial charge in [-0.25, -0.2) is 18.2 Å². The second kappa shape index (κ2) is 16.6. The first-order chi connectivity index (χ1) is 24.1. The van der Waals surface area contributed by atoms with Crippen molar-refractivity contribution in [3.63, 3.8) is 0 Å². The lowest BCUT2D eigenvalue weighted by molar-refractivity contribution is -0.0907. The molecule has 0 bridgehead atoms. The number of aliphatic hydroxyl groups excluding tert-OH is 1. The van der Waals surface area contributed by atoms with E-state index in [1.54, 1.807) is 25.3 Å². The van der Waals surface area contributed by atoms with Gasteiger partial charge < -0.3 is 34.7 Å². The molecule has 1 aromatic heterocycles.